The van der Waals surface area contributed by atoms with Gasteiger partial charge in [-0.1, -0.05) is 44.6 Å². The summed E-state index contributed by atoms with van der Waals surface area (Å²) < 4.78 is 6.58. The first kappa shape index (κ1) is 21.6. The van der Waals surface area contributed by atoms with Gasteiger partial charge in [-0.2, -0.15) is 9.61 Å². The van der Waals surface area contributed by atoms with E-state index in [1.54, 1.807) is 24.3 Å². The molecule has 2 heterocycles. The van der Waals surface area contributed by atoms with E-state index in [4.69, 9.17) is 4.74 Å². The highest BCUT2D eigenvalue weighted by Gasteiger charge is 2.14. The highest BCUT2D eigenvalue weighted by atomic mass is 32.1. The van der Waals surface area contributed by atoms with Gasteiger partial charge in [0.2, 0.25) is 10.9 Å². The number of nitrogens with zero attached hydrogens (tertiary/aromatic N) is 3. The molecule has 0 fully saturated rings. The number of nitrogens with one attached hydrogen (secondary N) is 1. The van der Waals surface area contributed by atoms with Crippen molar-refractivity contribution >= 4 is 33.9 Å². The third-order valence-electron chi connectivity index (χ3n) is 4.30. The number of benzene rings is 1. The van der Waals surface area contributed by atoms with Crippen LogP contribution in [0.15, 0.2) is 35.1 Å². The van der Waals surface area contributed by atoms with E-state index >= 15 is 0 Å². The second-order valence-electron chi connectivity index (χ2n) is 7.18. The van der Waals surface area contributed by atoms with Crippen molar-refractivity contribution in [3.8, 4) is 0 Å². The average Bonchev–Trinajstić information content (AvgIpc) is 3.16. The number of esters is 1. The quantitative estimate of drug-likeness (QED) is 0.548. The minimum absolute atomic E-state index is 0.0920. The fourth-order valence-electron chi connectivity index (χ4n) is 2.69. The fourth-order valence-corrected chi connectivity index (χ4v) is 3.61. The van der Waals surface area contributed by atoms with Crippen LogP contribution in [0.1, 0.15) is 67.0 Å². The van der Waals surface area contributed by atoms with Crippen LogP contribution in [0.3, 0.4) is 0 Å². The number of carbonyl (C=O) groups excluding carboxylic acids is 2. The average molecular weight is 429 g/mol. The van der Waals surface area contributed by atoms with Gasteiger partial charge in [-0.05, 0) is 24.6 Å². The third-order valence-corrected chi connectivity index (χ3v) is 5.51. The molecule has 1 N–H and O–H groups in total. The summed E-state index contributed by atoms with van der Waals surface area (Å²) in [5.74, 6) is -0.466. The monoisotopic (exact) mass is 428 g/mol. The summed E-state index contributed by atoms with van der Waals surface area (Å²) in [6.07, 6.45) is 2.18. The van der Waals surface area contributed by atoms with Crippen molar-refractivity contribution in [3.63, 3.8) is 0 Å². The van der Waals surface area contributed by atoms with Crippen molar-refractivity contribution in [2.24, 2.45) is 0 Å². The van der Waals surface area contributed by atoms with Crippen molar-refractivity contribution in [1.82, 2.24) is 14.6 Å². The van der Waals surface area contributed by atoms with Gasteiger partial charge >= 0.3 is 5.97 Å². The Hall–Kier alpha value is -3.07. The largest absolute Gasteiger partial charge is 0.456 e. The predicted octanol–water partition coefficient (Wildman–Crippen LogP) is 3.76. The smallest absolute Gasteiger partial charge is 0.338 e. The maximum absolute atomic E-state index is 12.4. The number of amides is 1. The maximum Gasteiger partial charge on any atom is 0.338 e. The number of anilines is 1. The van der Waals surface area contributed by atoms with E-state index in [-0.39, 0.29) is 24.0 Å². The number of fused-ring (bicyclic) bond motifs is 1. The molecule has 0 unspecified atom stereocenters. The zero-order valence-corrected chi connectivity index (χ0v) is 18.0. The first-order valence-corrected chi connectivity index (χ1v) is 10.7. The molecule has 9 heteroatoms. The minimum atomic E-state index is -0.561. The Labute approximate surface area is 177 Å². The standard InChI is InChI=1S/C21H24N4O4S/c1-4-5-9-17(26)22-15-8-6-7-14(10-15)20(28)29-12-16-11-18(27)25-21(23-16)30-19(24-25)13(2)3/h6-8,10-11,13H,4-5,9,12H2,1-3H3,(H,22,26). The summed E-state index contributed by atoms with van der Waals surface area (Å²) in [7, 11) is 0. The maximum atomic E-state index is 12.4. The lowest BCUT2D eigenvalue weighted by atomic mass is 10.2. The van der Waals surface area contributed by atoms with Gasteiger partial charge in [0.15, 0.2) is 0 Å². The Morgan fingerprint density at radius 2 is 2.07 bits per heavy atom. The first-order valence-electron chi connectivity index (χ1n) is 9.84. The summed E-state index contributed by atoms with van der Waals surface area (Å²) >= 11 is 1.34. The predicted molar refractivity (Wildman–Crippen MR) is 115 cm³/mol. The topological polar surface area (TPSA) is 103 Å². The summed E-state index contributed by atoms with van der Waals surface area (Å²) in [4.78, 5) is 41.4. The van der Waals surface area contributed by atoms with Crippen LogP contribution in [-0.2, 0) is 16.1 Å². The molecule has 0 saturated carbocycles. The Morgan fingerprint density at radius 1 is 1.27 bits per heavy atom. The molecule has 158 valence electrons. The lowest BCUT2D eigenvalue weighted by Gasteiger charge is -2.08. The van der Waals surface area contributed by atoms with E-state index in [9.17, 15) is 14.4 Å². The van der Waals surface area contributed by atoms with Gasteiger partial charge in [-0.25, -0.2) is 9.78 Å². The molecule has 0 atom stereocenters. The normalized spacial score (nSPS) is 11.1. The molecule has 0 spiro atoms. The van der Waals surface area contributed by atoms with E-state index in [0.717, 1.165) is 17.8 Å². The van der Waals surface area contributed by atoms with Crippen molar-refractivity contribution in [3.05, 3.63) is 57.0 Å². The van der Waals surface area contributed by atoms with Crippen LogP contribution in [0, 0.1) is 0 Å². The molecule has 2 aromatic heterocycles. The molecule has 1 amide bonds. The Balaban J connectivity index is 1.67. The van der Waals surface area contributed by atoms with E-state index in [1.165, 1.54) is 21.9 Å². The Morgan fingerprint density at radius 3 is 2.80 bits per heavy atom. The van der Waals surface area contributed by atoms with Gasteiger partial charge in [0, 0.05) is 24.1 Å². The van der Waals surface area contributed by atoms with Crippen LogP contribution >= 0.6 is 11.3 Å². The second-order valence-corrected chi connectivity index (χ2v) is 8.17. The van der Waals surface area contributed by atoms with Crippen LogP contribution in [0.5, 0.6) is 0 Å². The fraction of sp³-hybridized carbons (Fsp3) is 0.381. The van der Waals surface area contributed by atoms with Gasteiger partial charge in [-0.15, -0.1) is 0 Å². The molecule has 3 aromatic rings. The molecular formula is C21H24N4O4S. The third kappa shape index (κ3) is 5.29. The number of aromatic nitrogens is 3. The molecule has 3 rings (SSSR count). The molecule has 0 aliphatic heterocycles. The van der Waals surface area contributed by atoms with Crippen molar-refractivity contribution in [2.45, 2.75) is 52.6 Å². The van der Waals surface area contributed by atoms with Crippen LogP contribution in [0.25, 0.3) is 4.96 Å². The molecule has 0 aliphatic carbocycles. The number of carbonyl (C=O) groups is 2. The van der Waals surface area contributed by atoms with E-state index < -0.39 is 5.97 Å². The summed E-state index contributed by atoms with van der Waals surface area (Å²) in [5.41, 5.74) is 0.887. The lowest BCUT2D eigenvalue weighted by Crippen LogP contribution is -2.17. The van der Waals surface area contributed by atoms with Crippen LogP contribution in [0.4, 0.5) is 5.69 Å². The van der Waals surface area contributed by atoms with Gasteiger partial charge in [0.1, 0.15) is 11.6 Å². The Bertz CT molecular complexity index is 1120. The molecule has 0 aliphatic rings. The first-order chi connectivity index (χ1) is 14.4. The SMILES string of the molecule is CCCCC(=O)Nc1cccc(C(=O)OCc2cc(=O)n3nc(C(C)C)sc3n2)c1. The number of hydrogen-bond acceptors (Lipinski definition) is 7. The highest BCUT2D eigenvalue weighted by Crippen LogP contribution is 2.20. The van der Waals surface area contributed by atoms with E-state index in [1.807, 2.05) is 20.8 Å². The van der Waals surface area contributed by atoms with Gasteiger partial charge < -0.3 is 10.1 Å². The molecule has 0 bridgehead atoms. The van der Waals surface area contributed by atoms with E-state index in [2.05, 4.69) is 15.4 Å². The van der Waals surface area contributed by atoms with Crippen LogP contribution < -0.4 is 10.9 Å². The second kappa shape index (κ2) is 9.62. The summed E-state index contributed by atoms with van der Waals surface area (Å²) in [5, 5.41) is 7.85. The Kier molecular flexibility index (Phi) is 6.94. The van der Waals surface area contributed by atoms with Gasteiger partial charge in [0.25, 0.3) is 5.56 Å². The van der Waals surface area contributed by atoms with Crippen molar-refractivity contribution in [1.29, 1.82) is 0 Å². The van der Waals surface area contributed by atoms with Gasteiger partial charge in [0.05, 0.1) is 11.3 Å². The number of unbranched alkanes of at least 4 members (excludes halogenated alkanes) is 1. The minimum Gasteiger partial charge on any atom is -0.456 e. The van der Waals surface area contributed by atoms with E-state index in [0.29, 0.717) is 28.3 Å². The number of ether oxygens (including phenoxy) is 1. The molecule has 30 heavy (non-hydrogen) atoms. The number of rotatable bonds is 8. The molecule has 1 aromatic carbocycles. The summed E-state index contributed by atoms with van der Waals surface area (Å²) in [6, 6.07) is 7.87. The zero-order chi connectivity index (χ0) is 21.7. The molecule has 8 nitrogen and oxygen atoms in total. The van der Waals surface area contributed by atoms with Gasteiger partial charge in [-0.3, -0.25) is 9.59 Å². The highest BCUT2D eigenvalue weighted by molar-refractivity contribution is 7.16. The molecule has 0 saturated heterocycles. The van der Waals surface area contributed by atoms with Crippen LogP contribution in [0.2, 0.25) is 0 Å². The zero-order valence-electron chi connectivity index (χ0n) is 17.2. The number of hydrogen-bond donors (Lipinski definition) is 1. The molecular weight excluding hydrogens is 404 g/mol. The van der Waals surface area contributed by atoms with Crippen molar-refractivity contribution < 1.29 is 14.3 Å². The lowest BCUT2D eigenvalue weighted by molar-refractivity contribution is -0.116. The van der Waals surface area contributed by atoms with Crippen molar-refractivity contribution in [2.75, 3.05) is 5.32 Å². The summed E-state index contributed by atoms with van der Waals surface area (Å²) in [6.45, 7) is 5.87. The molecule has 0 radical (unpaired) electrons. The van der Waals surface area contributed by atoms with Crippen LogP contribution in [-0.4, -0.2) is 26.5 Å².